The van der Waals surface area contributed by atoms with E-state index in [1.54, 1.807) is 6.08 Å². The van der Waals surface area contributed by atoms with Gasteiger partial charge in [0.15, 0.2) is 0 Å². The van der Waals surface area contributed by atoms with E-state index in [9.17, 15) is 0 Å². The molecule has 0 unspecified atom stereocenters. The van der Waals surface area contributed by atoms with Gasteiger partial charge in [0.25, 0.3) is 0 Å². The molecule has 1 aliphatic carbocycles. The maximum atomic E-state index is 7.22. The van der Waals surface area contributed by atoms with E-state index < -0.39 is 5.41 Å². The van der Waals surface area contributed by atoms with Crippen molar-refractivity contribution in [2.45, 2.75) is 12.3 Å². The predicted octanol–water partition coefficient (Wildman–Crippen LogP) is 19.4. The van der Waals surface area contributed by atoms with E-state index in [1.165, 1.54) is 27.8 Å². The first-order valence-electron chi connectivity index (χ1n) is 25.0. The van der Waals surface area contributed by atoms with Gasteiger partial charge < -0.3 is 14.1 Å². The van der Waals surface area contributed by atoms with Crippen LogP contribution in [0.4, 0.5) is 17.1 Å². The Labute approximate surface area is 424 Å². The highest BCUT2D eigenvalue weighted by atomic mass is 16.5. The van der Waals surface area contributed by atoms with Crippen LogP contribution < -0.4 is 9.64 Å². The second-order valence-corrected chi connectivity index (χ2v) is 19.1. The number of rotatable bonds is 8. The second-order valence-electron chi connectivity index (χ2n) is 19.1. The van der Waals surface area contributed by atoms with Crippen LogP contribution in [0.3, 0.4) is 0 Å². The summed E-state index contributed by atoms with van der Waals surface area (Å²) in [5.41, 5.74) is 18.7. The highest BCUT2D eigenvalue weighted by Gasteiger charge is 2.52. The van der Waals surface area contributed by atoms with Crippen LogP contribution in [0, 0.1) is 0 Å². The van der Waals surface area contributed by atoms with Gasteiger partial charge in [-0.05, 0) is 134 Å². The highest BCUT2D eigenvalue weighted by molar-refractivity contribution is 6.01. The monoisotopic (exact) mass is 933 g/mol. The summed E-state index contributed by atoms with van der Waals surface area (Å²) in [4.78, 5) is 2.36. The summed E-state index contributed by atoms with van der Waals surface area (Å²) in [6.07, 6.45) is 5.92. The van der Waals surface area contributed by atoms with Gasteiger partial charge in [-0.1, -0.05) is 201 Å². The van der Waals surface area contributed by atoms with Gasteiger partial charge in [-0.3, -0.25) is 0 Å². The van der Waals surface area contributed by atoms with Crippen molar-refractivity contribution in [1.82, 2.24) is 0 Å². The third kappa shape index (κ3) is 6.59. The quantitative estimate of drug-likeness (QED) is 0.152. The summed E-state index contributed by atoms with van der Waals surface area (Å²) in [7, 11) is 0. The van der Waals surface area contributed by atoms with Crippen molar-refractivity contribution in [2.75, 3.05) is 4.90 Å². The molecule has 0 radical (unpaired) electrons. The van der Waals surface area contributed by atoms with Crippen molar-refractivity contribution >= 4 is 61.7 Å². The molecule has 1 spiro atoms. The Kier molecular flexibility index (Phi) is 9.81. The number of furan rings is 1. The van der Waals surface area contributed by atoms with Gasteiger partial charge in [0.05, 0.1) is 5.41 Å². The molecule has 344 valence electrons. The Morgan fingerprint density at radius 1 is 0.411 bits per heavy atom. The van der Waals surface area contributed by atoms with Gasteiger partial charge in [-0.15, -0.1) is 0 Å². The third-order valence-electron chi connectivity index (χ3n) is 15.2. The Balaban J connectivity index is 0.900. The summed E-state index contributed by atoms with van der Waals surface area (Å²) >= 11 is 0. The fraction of sp³-hybridized carbons (Fsp3) is 0.0286. The van der Waals surface area contributed by atoms with Crippen molar-refractivity contribution in [3.05, 3.63) is 283 Å². The molecule has 0 saturated carbocycles. The topological polar surface area (TPSA) is 25.6 Å². The minimum Gasteiger partial charge on any atom is -0.456 e. The molecule has 0 fully saturated rings. The molecule has 0 saturated heterocycles. The zero-order valence-electron chi connectivity index (χ0n) is 40.2. The second kappa shape index (κ2) is 16.9. The number of fused-ring (bicyclic) bond motifs is 14. The lowest BCUT2D eigenvalue weighted by Gasteiger charge is -2.40. The first-order chi connectivity index (χ1) is 36.1. The normalized spacial score (nSPS) is 12.9. The van der Waals surface area contributed by atoms with Crippen LogP contribution in [0.25, 0.3) is 89.2 Å². The molecule has 0 N–H and O–H groups in total. The van der Waals surface area contributed by atoms with E-state index in [0.29, 0.717) is 0 Å². The summed E-state index contributed by atoms with van der Waals surface area (Å²) in [6, 6.07) is 86.3. The van der Waals surface area contributed by atoms with Crippen LogP contribution >= 0.6 is 0 Å². The molecule has 1 aliphatic heterocycles. The zero-order valence-corrected chi connectivity index (χ0v) is 40.2. The van der Waals surface area contributed by atoms with Gasteiger partial charge in [-0.2, -0.15) is 0 Å². The van der Waals surface area contributed by atoms with E-state index in [2.05, 4.69) is 254 Å². The Hall–Kier alpha value is -9.44. The molecule has 12 aromatic rings. The van der Waals surface area contributed by atoms with E-state index in [-0.39, 0.29) is 0 Å². The van der Waals surface area contributed by atoms with Crippen LogP contribution in [0.15, 0.2) is 254 Å². The minimum atomic E-state index is -0.626. The summed E-state index contributed by atoms with van der Waals surface area (Å²) in [5, 5.41) is 5.61. The van der Waals surface area contributed by atoms with E-state index in [1.807, 2.05) is 13.0 Å². The highest BCUT2D eigenvalue weighted by Crippen LogP contribution is 2.64. The van der Waals surface area contributed by atoms with Crippen molar-refractivity contribution in [3.63, 3.8) is 0 Å². The lowest BCUT2D eigenvalue weighted by Crippen LogP contribution is -2.32. The zero-order chi connectivity index (χ0) is 48.6. The molecule has 2 aliphatic rings. The Morgan fingerprint density at radius 2 is 0.959 bits per heavy atom. The van der Waals surface area contributed by atoms with Crippen LogP contribution in [0.2, 0.25) is 0 Å². The molecule has 2 heterocycles. The number of benzene rings is 11. The van der Waals surface area contributed by atoms with Crippen LogP contribution in [0.1, 0.15) is 40.5 Å². The van der Waals surface area contributed by atoms with Gasteiger partial charge in [0.2, 0.25) is 0 Å². The molecule has 0 bridgehead atoms. The van der Waals surface area contributed by atoms with Gasteiger partial charge in [-0.25, -0.2) is 0 Å². The fourth-order valence-corrected chi connectivity index (χ4v) is 11.9. The molecule has 1 aromatic heterocycles. The molecular formula is C70H47NO2. The molecule has 11 aromatic carbocycles. The summed E-state index contributed by atoms with van der Waals surface area (Å²) in [6.45, 7) is 6.02. The third-order valence-corrected chi connectivity index (χ3v) is 15.2. The van der Waals surface area contributed by atoms with Crippen LogP contribution in [0.5, 0.6) is 11.5 Å². The van der Waals surface area contributed by atoms with Crippen molar-refractivity contribution in [2.24, 2.45) is 0 Å². The number of hydrogen-bond donors (Lipinski definition) is 0. The SMILES string of the molecule is C=Cc1oc2ccc(-c3ccc(N(c4ccc(-c5ccc6c(c5)C5(c7ccccc7-6)c6ccc7ccccc7c6Oc6c5ccc5ccccc65)cc4)c4cccc(-c5ccccc5)c4)cc3)cc2c1/C=C\C. The number of ether oxygens (including phenoxy) is 1. The fourth-order valence-electron chi connectivity index (χ4n) is 11.9. The maximum Gasteiger partial charge on any atom is 0.140 e. The van der Waals surface area contributed by atoms with Crippen molar-refractivity contribution in [3.8, 4) is 56.0 Å². The van der Waals surface area contributed by atoms with Gasteiger partial charge >= 0.3 is 0 Å². The number of nitrogens with zero attached hydrogens (tertiary/aromatic N) is 1. The van der Waals surface area contributed by atoms with Gasteiger partial charge in [0, 0.05) is 49.9 Å². The van der Waals surface area contributed by atoms with E-state index in [0.717, 1.165) is 111 Å². The summed E-state index contributed by atoms with van der Waals surface area (Å²) in [5.74, 6) is 2.62. The molecule has 14 rings (SSSR count). The van der Waals surface area contributed by atoms with Crippen molar-refractivity contribution < 1.29 is 9.15 Å². The Bertz CT molecular complexity index is 4110. The van der Waals surface area contributed by atoms with Crippen molar-refractivity contribution in [1.29, 1.82) is 0 Å². The lowest BCUT2D eigenvalue weighted by molar-refractivity contribution is 0.447. The molecule has 73 heavy (non-hydrogen) atoms. The first kappa shape index (κ1) is 42.4. The average molecular weight is 934 g/mol. The smallest absolute Gasteiger partial charge is 0.140 e. The number of anilines is 3. The first-order valence-corrected chi connectivity index (χ1v) is 25.0. The molecule has 3 heteroatoms. The van der Waals surface area contributed by atoms with E-state index in [4.69, 9.17) is 9.15 Å². The predicted molar refractivity (Wildman–Crippen MR) is 304 cm³/mol. The molecule has 3 nitrogen and oxygen atoms in total. The molecule has 0 amide bonds. The van der Waals surface area contributed by atoms with Crippen LogP contribution in [-0.2, 0) is 5.41 Å². The standard InChI is InChI=1S/C70H47NO2/c1-3-15-60-61-43-51(33-41-67(61)72-66(60)4-2)46-26-34-53(35-27-46)71(55-21-14-20-50(42-55)45-16-6-5-7-17-45)54-36-28-47(29-37-54)52-30-38-59-58-24-12-13-25-62(58)70(65(59)44-52)63-39-31-48-18-8-10-22-56(48)68(63)73-69-57-23-11-9-19-49(57)32-40-64(69)70/h3-44H,2H2,1H3/b15-3-. The minimum absolute atomic E-state index is 0.626. The maximum absolute atomic E-state index is 7.22. The lowest BCUT2D eigenvalue weighted by atomic mass is 9.65. The van der Waals surface area contributed by atoms with Gasteiger partial charge in [0.1, 0.15) is 22.8 Å². The van der Waals surface area contributed by atoms with Crippen LogP contribution in [-0.4, -0.2) is 0 Å². The number of hydrogen-bond acceptors (Lipinski definition) is 3. The van der Waals surface area contributed by atoms with E-state index >= 15 is 0 Å². The largest absolute Gasteiger partial charge is 0.456 e. The molecule has 0 atom stereocenters. The molecular weight excluding hydrogens is 887 g/mol. The average Bonchev–Trinajstić information content (AvgIpc) is 3.96. The number of allylic oxidation sites excluding steroid dienone is 1. The Morgan fingerprint density at radius 3 is 1.63 bits per heavy atom. The summed E-state index contributed by atoms with van der Waals surface area (Å²) < 4.78 is 13.4.